The van der Waals surface area contributed by atoms with E-state index in [9.17, 15) is 14.7 Å². The number of carbonyl (C=O) groups excluding carboxylic acids is 2. The quantitative estimate of drug-likeness (QED) is 0.788. The van der Waals surface area contributed by atoms with Crippen molar-refractivity contribution in [2.24, 2.45) is 23.7 Å². The van der Waals surface area contributed by atoms with Gasteiger partial charge in [0.25, 0.3) is 0 Å². The van der Waals surface area contributed by atoms with Crippen molar-refractivity contribution in [3.05, 3.63) is 42.0 Å². The number of carboxylic acid groups (broad SMARTS) is 1. The van der Waals surface area contributed by atoms with Crippen molar-refractivity contribution in [2.45, 2.75) is 19.3 Å². The van der Waals surface area contributed by atoms with Gasteiger partial charge in [0.1, 0.15) is 5.75 Å². The molecule has 5 nitrogen and oxygen atoms in total. The second kappa shape index (κ2) is 7.07. The van der Waals surface area contributed by atoms with Gasteiger partial charge in [0.2, 0.25) is 5.91 Å². The molecule has 5 heteroatoms. The van der Waals surface area contributed by atoms with Gasteiger partial charge in [0.05, 0.1) is 13.0 Å². The predicted octanol–water partition coefficient (Wildman–Crippen LogP) is 0.932. The van der Waals surface area contributed by atoms with Crippen LogP contribution >= 0.6 is 0 Å². The second-order valence-electron chi connectivity index (χ2n) is 6.51. The number of aliphatic carboxylic acids is 1. The molecule has 0 saturated heterocycles. The zero-order valence-corrected chi connectivity index (χ0v) is 13.7. The summed E-state index contributed by atoms with van der Waals surface area (Å²) in [5.74, 6) is -1.80. The number of para-hydroxylation sites is 1. The number of rotatable bonds is 6. The van der Waals surface area contributed by atoms with Gasteiger partial charge in [-0.1, -0.05) is 30.4 Å². The third-order valence-electron chi connectivity index (χ3n) is 5.21. The highest BCUT2D eigenvalue weighted by atomic mass is 16.5. The topological polar surface area (TPSA) is 78.5 Å². The molecular formula is C19H22NO4-. The molecule has 0 unspecified atom stereocenters. The minimum absolute atomic E-state index is 0.00385. The third kappa shape index (κ3) is 3.16. The molecule has 1 saturated carbocycles. The van der Waals surface area contributed by atoms with E-state index in [0.29, 0.717) is 13.0 Å². The van der Waals surface area contributed by atoms with Crippen molar-refractivity contribution in [2.75, 3.05) is 13.7 Å². The van der Waals surface area contributed by atoms with E-state index in [1.54, 1.807) is 7.11 Å². The van der Waals surface area contributed by atoms with Gasteiger partial charge in [-0.25, -0.2) is 0 Å². The van der Waals surface area contributed by atoms with Crippen LogP contribution < -0.4 is 15.2 Å². The Morgan fingerprint density at radius 1 is 1.17 bits per heavy atom. The van der Waals surface area contributed by atoms with Crippen LogP contribution in [0, 0.1) is 23.7 Å². The summed E-state index contributed by atoms with van der Waals surface area (Å²) >= 11 is 0. The SMILES string of the molecule is COc1ccccc1CCNC(=O)[C@@H]1[C@@H](C(=O)[O-])[C@@H]2C=C[C@@H]1CC2. The number of nitrogens with one attached hydrogen (secondary N) is 1. The number of allylic oxidation sites excluding steroid dienone is 2. The number of methoxy groups -OCH3 is 1. The van der Waals surface area contributed by atoms with E-state index in [0.717, 1.165) is 24.2 Å². The largest absolute Gasteiger partial charge is 0.550 e. The molecule has 1 aromatic rings. The Bertz CT molecular complexity index is 655. The maximum absolute atomic E-state index is 12.6. The minimum Gasteiger partial charge on any atom is -0.550 e. The number of ether oxygens (including phenoxy) is 1. The van der Waals surface area contributed by atoms with Crippen LogP contribution in [0.25, 0.3) is 0 Å². The fourth-order valence-corrected chi connectivity index (χ4v) is 4.02. The fourth-order valence-electron chi connectivity index (χ4n) is 4.02. The van der Waals surface area contributed by atoms with E-state index in [-0.39, 0.29) is 17.7 Å². The molecular weight excluding hydrogens is 306 g/mol. The van der Waals surface area contributed by atoms with Crippen molar-refractivity contribution in [1.29, 1.82) is 0 Å². The van der Waals surface area contributed by atoms with Crippen LogP contribution in [-0.4, -0.2) is 25.5 Å². The van der Waals surface area contributed by atoms with Gasteiger partial charge in [0.15, 0.2) is 0 Å². The average molecular weight is 328 g/mol. The van der Waals surface area contributed by atoms with Gasteiger partial charge >= 0.3 is 0 Å². The van der Waals surface area contributed by atoms with Crippen LogP contribution in [0.2, 0.25) is 0 Å². The molecule has 3 aliphatic rings. The molecule has 0 aromatic heterocycles. The van der Waals surface area contributed by atoms with Gasteiger partial charge in [0, 0.05) is 18.4 Å². The average Bonchev–Trinajstić information content (AvgIpc) is 2.62. The standard InChI is InChI=1S/C19H23NO4/c1-24-15-5-3-2-4-12(15)10-11-20-18(21)16-13-6-8-14(9-7-13)17(16)19(22)23/h2-6,8,13-14,16-17H,7,9-11H2,1H3,(H,20,21)(H,22,23)/p-1/t13-,14-,16+,17+/m1/s1. The molecule has 3 aliphatic carbocycles. The van der Waals surface area contributed by atoms with E-state index in [4.69, 9.17) is 4.74 Å². The van der Waals surface area contributed by atoms with Crippen molar-refractivity contribution >= 4 is 11.9 Å². The highest BCUT2D eigenvalue weighted by molar-refractivity contribution is 5.85. The third-order valence-corrected chi connectivity index (χ3v) is 5.21. The number of benzene rings is 1. The Balaban J connectivity index is 1.62. The Morgan fingerprint density at radius 2 is 1.83 bits per heavy atom. The first-order chi connectivity index (χ1) is 11.6. The first kappa shape index (κ1) is 16.6. The molecule has 2 bridgehead atoms. The number of fused-ring (bicyclic) bond motifs is 2. The van der Waals surface area contributed by atoms with Crippen molar-refractivity contribution in [3.63, 3.8) is 0 Å². The molecule has 1 amide bonds. The van der Waals surface area contributed by atoms with Gasteiger partial charge < -0.3 is 20.0 Å². The van der Waals surface area contributed by atoms with Crippen LogP contribution in [0.3, 0.4) is 0 Å². The number of carbonyl (C=O) groups is 2. The lowest BCUT2D eigenvalue weighted by atomic mass is 9.62. The van der Waals surface area contributed by atoms with Crippen LogP contribution in [0.4, 0.5) is 0 Å². The molecule has 1 aromatic carbocycles. The number of carboxylic acids is 1. The smallest absolute Gasteiger partial charge is 0.224 e. The zero-order chi connectivity index (χ0) is 17.1. The second-order valence-corrected chi connectivity index (χ2v) is 6.51. The van der Waals surface area contributed by atoms with Gasteiger partial charge in [-0.05, 0) is 42.7 Å². The van der Waals surface area contributed by atoms with E-state index < -0.39 is 17.8 Å². The lowest BCUT2D eigenvalue weighted by Gasteiger charge is -2.44. The zero-order valence-electron chi connectivity index (χ0n) is 13.7. The highest BCUT2D eigenvalue weighted by Gasteiger charge is 2.44. The fraction of sp³-hybridized carbons (Fsp3) is 0.474. The normalized spacial score (nSPS) is 27.7. The molecule has 0 aliphatic heterocycles. The Kier molecular flexibility index (Phi) is 4.88. The molecule has 4 atom stereocenters. The summed E-state index contributed by atoms with van der Waals surface area (Å²) in [5.41, 5.74) is 1.02. The van der Waals surface area contributed by atoms with E-state index in [1.165, 1.54) is 0 Å². The van der Waals surface area contributed by atoms with Crippen LogP contribution in [0.15, 0.2) is 36.4 Å². The number of amides is 1. The maximum atomic E-state index is 12.6. The molecule has 128 valence electrons. The van der Waals surface area contributed by atoms with Gasteiger partial charge in [-0.15, -0.1) is 0 Å². The summed E-state index contributed by atoms with van der Waals surface area (Å²) in [6, 6.07) is 7.67. The lowest BCUT2D eigenvalue weighted by molar-refractivity contribution is -0.316. The highest BCUT2D eigenvalue weighted by Crippen LogP contribution is 2.44. The van der Waals surface area contributed by atoms with E-state index >= 15 is 0 Å². The van der Waals surface area contributed by atoms with Crippen LogP contribution in [-0.2, 0) is 16.0 Å². The summed E-state index contributed by atoms with van der Waals surface area (Å²) in [6.07, 6.45) is 6.27. The number of hydrogen-bond acceptors (Lipinski definition) is 4. The summed E-state index contributed by atoms with van der Waals surface area (Å²) in [4.78, 5) is 24.1. The summed E-state index contributed by atoms with van der Waals surface area (Å²) in [6.45, 7) is 0.455. The molecule has 0 spiro atoms. The van der Waals surface area contributed by atoms with Crippen molar-refractivity contribution < 1.29 is 19.4 Å². The summed E-state index contributed by atoms with van der Waals surface area (Å²) in [7, 11) is 1.62. The molecule has 0 radical (unpaired) electrons. The molecule has 4 rings (SSSR count). The first-order valence-electron chi connectivity index (χ1n) is 8.40. The van der Waals surface area contributed by atoms with E-state index in [2.05, 4.69) is 5.32 Å². The summed E-state index contributed by atoms with van der Waals surface area (Å²) in [5, 5.41) is 14.4. The molecule has 24 heavy (non-hydrogen) atoms. The summed E-state index contributed by atoms with van der Waals surface area (Å²) < 4.78 is 5.30. The van der Waals surface area contributed by atoms with Crippen molar-refractivity contribution in [3.8, 4) is 5.75 Å². The molecule has 0 heterocycles. The Labute approximate surface area is 141 Å². The molecule has 1 fully saturated rings. The van der Waals surface area contributed by atoms with Crippen LogP contribution in [0.1, 0.15) is 18.4 Å². The van der Waals surface area contributed by atoms with Crippen molar-refractivity contribution in [1.82, 2.24) is 5.32 Å². The minimum atomic E-state index is -1.11. The maximum Gasteiger partial charge on any atom is 0.224 e. The van der Waals surface area contributed by atoms with Gasteiger partial charge in [-0.2, -0.15) is 0 Å². The first-order valence-corrected chi connectivity index (χ1v) is 8.40. The lowest BCUT2D eigenvalue weighted by Crippen LogP contribution is -2.52. The Hall–Kier alpha value is -2.30. The van der Waals surface area contributed by atoms with Crippen LogP contribution in [0.5, 0.6) is 5.75 Å². The Morgan fingerprint density at radius 3 is 2.46 bits per heavy atom. The monoisotopic (exact) mass is 328 g/mol. The predicted molar refractivity (Wildman–Crippen MR) is 87.0 cm³/mol. The van der Waals surface area contributed by atoms with Gasteiger partial charge in [-0.3, -0.25) is 4.79 Å². The molecule has 1 N–H and O–H groups in total. The number of hydrogen-bond donors (Lipinski definition) is 1. The van der Waals surface area contributed by atoms with E-state index in [1.807, 2.05) is 36.4 Å².